The van der Waals surface area contributed by atoms with Crippen LogP contribution in [0.4, 0.5) is 0 Å². The van der Waals surface area contributed by atoms with Gasteiger partial charge in [0.05, 0.1) is 31.5 Å². The Morgan fingerprint density at radius 1 is 0.935 bits per heavy atom. The molecule has 1 aliphatic carbocycles. The molecule has 3 fully saturated rings. The van der Waals surface area contributed by atoms with Crippen molar-refractivity contribution < 1.29 is 14.3 Å². The predicted octanol–water partition coefficient (Wildman–Crippen LogP) is 1.81. The Morgan fingerprint density at radius 2 is 1.58 bits per heavy atom. The van der Waals surface area contributed by atoms with Gasteiger partial charge >= 0.3 is 0 Å². The number of hydrogen-bond acceptors (Lipinski definition) is 6. The zero-order valence-electron chi connectivity index (χ0n) is 20.4. The molecule has 3 aliphatic rings. The summed E-state index contributed by atoms with van der Waals surface area (Å²) in [5.74, 6) is 0.731. The average molecular weight is 439 g/mol. The van der Waals surface area contributed by atoms with Gasteiger partial charge in [-0.15, -0.1) is 0 Å². The SMILES string of the molecule is CCN1CCC(OC2CC(NC(=O)CN3CCN(CCO[C@H](C)C(C)C)CC3)C2)CC1. The van der Waals surface area contributed by atoms with Gasteiger partial charge in [-0.05, 0) is 45.1 Å². The van der Waals surface area contributed by atoms with E-state index < -0.39 is 0 Å². The van der Waals surface area contributed by atoms with Crippen molar-refractivity contribution in [1.29, 1.82) is 0 Å². The van der Waals surface area contributed by atoms with Gasteiger partial charge < -0.3 is 19.7 Å². The van der Waals surface area contributed by atoms with E-state index in [1.54, 1.807) is 0 Å². The second-order valence-corrected chi connectivity index (χ2v) is 10.1. The smallest absolute Gasteiger partial charge is 0.234 e. The molecule has 7 nitrogen and oxygen atoms in total. The maximum atomic E-state index is 12.4. The number of carbonyl (C=O) groups excluding carboxylic acids is 1. The van der Waals surface area contributed by atoms with Crippen LogP contribution < -0.4 is 5.32 Å². The van der Waals surface area contributed by atoms with Crippen LogP contribution in [-0.2, 0) is 14.3 Å². The first-order valence-corrected chi connectivity index (χ1v) is 12.7. The highest BCUT2D eigenvalue weighted by Gasteiger charge is 2.34. The van der Waals surface area contributed by atoms with Gasteiger partial charge in [0.15, 0.2) is 0 Å². The molecule has 2 heterocycles. The van der Waals surface area contributed by atoms with Crippen molar-refractivity contribution in [3.05, 3.63) is 0 Å². The third-order valence-electron chi connectivity index (χ3n) is 7.39. The molecule has 0 radical (unpaired) electrons. The van der Waals surface area contributed by atoms with Crippen molar-refractivity contribution in [1.82, 2.24) is 20.0 Å². The number of ether oxygens (including phenoxy) is 2. The molecule has 3 rings (SSSR count). The largest absolute Gasteiger partial charge is 0.377 e. The molecule has 0 unspecified atom stereocenters. The molecular weight excluding hydrogens is 392 g/mol. The molecule has 7 heteroatoms. The summed E-state index contributed by atoms with van der Waals surface area (Å²) >= 11 is 0. The van der Waals surface area contributed by atoms with Crippen LogP contribution in [0.25, 0.3) is 0 Å². The van der Waals surface area contributed by atoms with Gasteiger partial charge in [-0.1, -0.05) is 20.8 Å². The standard InChI is InChI=1S/C24H46N4O3/c1-5-26-8-6-22(7-9-26)31-23-16-21(17-23)25-24(29)18-28-12-10-27(11-13-28)14-15-30-20(4)19(2)3/h19-23H,5-18H2,1-4H3,(H,25,29)/t20-,21?,23?/m1/s1. The lowest BCUT2D eigenvalue weighted by Crippen LogP contribution is -2.54. The molecule has 0 spiro atoms. The first-order valence-electron chi connectivity index (χ1n) is 12.7. The van der Waals surface area contributed by atoms with E-state index in [-0.39, 0.29) is 5.91 Å². The molecule has 1 amide bonds. The third kappa shape index (κ3) is 8.28. The minimum Gasteiger partial charge on any atom is -0.377 e. The summed E-state index contributed by atoms with van der Waals surface area (Å²) in [5.41, 5.74) is 0. The van der Waals surface area contributed by atoms with Crippen LogP contribution in [0.3, 0.4) is 0 Å². The van der Waals surface area contributed by atoms with Gasteiger partial charge in [0.1, 0.15) is 0 Å². The lowest BCUT2D eigenvalue weighted by molar-refractivity contribution is -0.127. The van der Waals surface area contributed by atoms with Crippen LogP contribution in [0.2, 0.25) is 0 Å². The summed E-state index contributed by atoms with van der Waals surface area (Å²) in [6.07, 6.45) is 5.32. The Bertz CT molecular complexity index is 525. The van der Waals surface area contributed by atoms with Crippen molar-refractivity contribution in [2.24, 2.45) is 5.92 Å². The number of piperidine rings is 1. The second-order valence-electron chi connectivity index (χ2n) is 10.1. The lowest BCUT2D eigenvalue weighted by Gasteiger charge is -2.40. The fourth-order valence-electron chi connectivity index (χ4n) is 4.64. The Hall–Kier alpha value is -0.730. The summed E-state index contributed by atoms with van der Waals surface area (Å²) in [6, 6.07) is 0.301. The second kappa shape index (κ2) is 12.5. The molecule has 0 aromatic carbocycles. The van der Waals surface area contributed by atoms with Crippen LogP contribution >= 0.6 is 0 Å². The molecule has 180 valence electrons. The first kappa shape index (κ1) is 24.9. The Balaban J connectivity index is 1.21. The van der Waals surface area contributed by atoms with Crippen LogP contribution in [0.15, 0.2) is 0 Å². The Labute approximate surface area is 189 Å². The van der Waals surface area contributed by atoms with Crippen molar-refractivity contribution in [3.63, 3.8) is 0 Å². The van der Waals surface area contributed by atoms with E-state index in [1.807, 2.05) is 0 Å². The average Bonchev–Trinajstić information content (AvgIpc) is 2.73. The minimum atomic E-state index is 0.169. The third-order valence-corrected chi connectivity index (χ3v) is 7.39. The van der Waals surface area contributed by atoms with Crippen molar-refractivity contribution in [2.75, 3.05) is 65.5 Å². The normalized spacial score (nSPS) is 27.9. The fraction of sp³-hybridized carbons (Fsp3) is 0.958. The summed E-state index contributed by atoms with van der Waals surface area (Å²) < 4.78 is 12.1. The van der Waals surface area contributed by atoms with Crippen molar-refractivity contribution in [2.45, 2.75) is 77.7 Å². The predicted molar refractivity (Wildman–Crippen MR) is 124 cm³/mol. The zero-order valence-corrected chi connectivity index (χ0v) is 20.4. The lowest BCUT2D eigenvalue weighted by atomic mass is 9.88. The zero-order chi connectivity index (χ0) is 22.2. The van der Waals surface area contributed by atoms with Crippen LogP contribution in [0.5, 0.6) is 0 Å². The summed E-state index contributed by atoms with van der Waals surface area (Å²) in [5, 5.41) is 3.21. The molecule has 2 aliphatic heterocycles. The van der Waals surface area contributed by atoms with Crippen LogP contribution in [0.1, 0.15) is 53.4 Å². The molecular formula is C24H46N4O3. The highest BCUT2D eigenvalue weighted by molar-refractivity contribution is 5.78. The van der Waals surface area contributed by atoms with Gasteiger partial charge in [0.2, 0.25) is 5.91 Å². The highest BCUT2D eigenvalue weighted by Crippen LogP contribution is 2.27. The number of carbonyl (C=O) groups is 1. The van der Waals surface area contributed by atoms with Gasteiger partial charge in [0, 0.05) is 51.9 Å². The number of likely N-dealkylation sites (tertiary alicyclic amines) is 1. The summed E-state index contributed by atoms with van der Waals surface area (Å²) in [7, 11) is 0. The number of nitrogens with zero attached hydrogens (tertiary/aromatic N) is 3. The maximum absolute atomic E-state index is 12.4. The molecule has 0 bridgehead atoms. The Kier molecular flexibility index (Phi) is 10.0. The topological polar surface area (TPSA) is 57.3 Å². The quantitative estimate of drug-likeness (QED) is 0.531. The summed E-state index contributed by atoms with van der Waals surface area (Å²) in [6.45, 7) is 18.5. The van der Waals surface area contributed by atoms with Crippen molar-refractivity contribution >= 4 is 5.91 Å². The van der Waals surface area contributed by atoms with Gasteiger partial charge in [-0.3, -0.25) is 14.6 Å². The van der Waals surface area contributed by atoms with Crippen molar-refractivity contribution in [3.8, 4) is 0 Å². The first-order chi connectivity index (χ1) is 14.9. The molecule has 1 saturated carbocycles. The monoisotopic (exact) mass is 438 g/mol. The fourth-order valence-corrected chi connectivity index (χ4v) is 4.64. The summed E-state index contributed by atoms with van der Waals surface area (Å²) in [4.78, 5) is 19.7. The number of rotatable bonds is 11. The number of piperazine rings is 1. The van der Waals surface area contributed by atoms with E-state index >= 15 is 0 Å². The molecule has 0 aromatic rings. The highest BCUT2D eigenvalue weighted by atomic mass is 16.5. The molecule has 0 aromatic heterocycles. The van der Waals surface area contributed by atoms with E-state index in [4.69, 9.17) is 9.47 Å². The number of hydrogen-bond donors (Lipinski definition) is 1. The van der Waals surface area contributed by atoms with E-state index in [9.17, 15) is 4.79 Å². The number of nitrogens with one attached hydrogen (secondary N) is 1. The Morgan fingerprint density at radius 3 is 2.19 bits per heavy atom. The number of amides is 1. The molecule has 31 heavy (non-hydrogen) atoms. The van der Waals surface area contributed by atoms with E-state index in [1.165, 1.54) is 0 Å². The molecule has 1 N–H and O–H groups in total. The van der Waals surface area contributed by atoms with Gasteiger partial charge in [0.25, 0.3) is 0 Å². The van der Waals surface area contributed by atoms with Crippen LogP contribution in [0, 0.1) is 5.92 Å². The minimum absolute atomic E-state index is 0.169. The van der Waals surface area contributed by atoms with E-state index in [0.717, 1.165) is 84.6 Å². The van der Waals surface area contributed by atoms with Gasteiger partial charge in [-0.2, -0.15) is 0 Å². The van der Waals surface area contributed by atoms with Gasteiger partial charge in [-0.25, -0.2) is 0 Å². The van der Waals surface area contributed by atoms with Crippen LogP contribution in [-0.4, -0.2) is 110 Å². The van der Waals surface area contributed by atoms with E-state index in [2.05, 4.69) is 47.7 Å². The molecule has 1 atom stereocenters. The van der Waals surface area contributed by atoms with E-state index in [0.29, 0.717) is 36.8 Å². The maximum Gasteiger partial charge on any atom is 0.234 e. The molecule has 2 saturated heterocycles.